The number of benzene rings is 1. The molecule has 0 spiro atoms. The Hall–Kier alpha value is -1.42. The third-order valence-corrected chi connectivity index (χ3v) is 3.38. The highest BCUT2D eigenvalue weighted by molar-refractivity contribution is 6.32. The number of ether oxygens (including phenoxy) is 2. The molecule has 98 valence electrons. The molecule has 0 aromatic heterocycles. The maximum absolute atomic E-state index is 11.1. The van der Waals surface area contributed by atoms with Gasteiger partial charge in [-0.3, -0.25) is 4.79 Å². The molecule has 0 saturated carbocycles. The van der Waals surface area contributed by atoms with Crippen molar-refractivity contribution in [2.45, 2.75) is 26.2 Å². The van der Waals surface area contributed by atoms with Crippen LogP contribution in [0.4, 0.5) is 0 Å². The number of rotatable bonds is 2. The molecule has 0 radical (unpaired) electrons. The summed E-state index contributed by atoms with van der Waals surface area (Å²) in [4.78, 5) is 11.1. The SMILES string of the molecule is Cc1c(C(C)C(=O)O)cc(Cl)c2c1OCCCO2. The summed E-state index contributed by atoms with van der Waals surface area (Å²) in [5, 5.41) is 9.50. The first-order valence-corrected chi connectivity index (χ1v) is 6.21. The second-order valence-corrected chi connectivity index (χ2v) is 4.75. The first kappa shape index (κ1) is 13.0. The summed E-state index contributed by atoms with van der Waals surface area (Å²) in [5.74, 6) is -0.417. The second-order valence-electron chi connectivity index (χ2n) is 4.34. The van der Waals surface area contributed by atoms with E-state index in [1.54, 1.807) is 13.0 Å². The molecule has 1 unspecified atom stereocenters. The van der Waals surface area contributed by atoms with Gasteiger partial charge >= 0.3 is 5.97 Å². The van der Waals surface area contributed by atoms with Gasteiger partial charge in [0.2, 0.25) is 0 Å². The van der Waals surface area contributed by atoms with Gasteiger partial charge in [0.25, 0.3) is 0 Å². The lowest BCUT2D eigenvalue weighted by molar-refractivity contribution is -0.138. The molecular weight excluding hydrogens is 256 g/mol. The predicted molar refractivity (Wildman–Crippen MR) is 67.8 cm³/mol. The molecule has 1 heterocycles. The number of hydrogen-bond donors (Lipinski definition) is 1. The van der Waals surface area contributed by atoms with Crippen molar-refractivity contribution in [1.29, 1.82) is 0 Å². The van der Waals surface area contributed by atoms with Gasteiger partial charge in [0.15, 0.2) is 11.5 Å². The van der Waals surface area contributed by atoms with Crippen LogP contribution in [-0.4, -0.2) is 24.3 Å². The minimum Gasteiger partial charge on any atom is -0.489 e. The third kappa shape index (κ3) is 2.25. The third-order valence-electron chi connectivity index (χ3n) is 3.10. The molecule has 1 aliphatic rings. The van der Waals surface area contributed by atoms with Crippen LogP contribution in [-0.2, 0) is 4.79 Å². The average molecular weight is 271 g/mol. The summed E-state index contributed by atoms with van der Waals surface area (Å²) in [6.45, 7) is 4.57. The first-order chi connectivity index (χ1) is 8.52. The molecule has 1 N–H and O–H groups in total. The van der Waals surface area contributed by atoms with Gasteiger partial charge in [0.1, 0.15) is 0 Å². The minimum absolute atomic E-state index is 0.403. The lowest BCUT2D eigenvalue weighted by atomic mass is 9.95. The lowest BCUT2D eigenvalue weighted by Crippen LogP contribution is -2.10. The number of carboxylic acids is 1. The normalized spacial score (nSPS) is 15.9. The lowest BCUT2D eigenvalue weighted by Gasteiger charge is -2.17. The Morgan fingerprint density at radius 2 is 2.00 bits per heavy atom. The fourth-order valence-corrected chi connectivity index (χ4v) is 2.28. The summed E-state index contributed by atoms with van der Waals surface area (Å²) in [6.07, 6.45) is 0.786. The van der Waals surface area contributed by atoms with Gasteiger partial charge in [0.05, 0.1) is 24.2 Å². The highest BCUT2D eigenvalue weighted by atomic mass is 35.5. The van der Waals surface area contributed by atoms with Crippen LogP contribution in [0.1, 0.15) is 30.4 Å². The molecular formula is C13H15ClO4. The summed E-state index contributed by atoms with van der Waals surface area (Å²) in [5.41, 5.74) is 1.45. The molecule has 1 aromatic rings. The first-order valence-electron chi connectivity index (χ1n) is 5.83. The van der Waals surface area contributed by atoms with Crippen LogP contribution in [0.5, 0.6) is 11.5 Å². The van der Waals surface area contributed by atoms with E-state index in [-0.39, 0.29) is 0 Å². The average Bonchev–Trinajstić information content (AvgIpc) is 2.58. The number of fused-ring (bicyclic) bond motifs is 1. The van der Waals surface area contributed by atoms with Gasteiger partial charge in [-0.2, -0.15) is 0 Å². The van der Waals surface area contributed by atoms with E-state index in [9.17, 15) is 4.79 Å². The van der Waals surface area contributed by atoms with E-state index >= 15 is 0 Å². The predicted octanol–water partition coefficient (Wildman–Crippen LogP) is 3.00. The summed E-state index contributed by atoms with van der Waals surface area (Å²) in [6, 6.07) is 1.66. The van der Waals surface area contributed by atoms with E-state index in [0.29, 0.717) is 35.3 Å². The minimum atomic E-state index is -0.886. The number of hydrogen-bond acceptors (Lipinski definition) is 3. The molecule has 5 heteroatoms. The van der Waals surface area contributed by atoms with E-state index in [2.05, 4.69) is 0 Å². The number of carboxylic acid groups (broad SMARTS) is 1. The van der Waals surface area contributed by atoms with Crippen LogP contribution in [0.2, 0.25) is 5.02 Å². The van der Waals surface area contributed by atoms with Gasteiger partial charge in [-0.15, -0.1) is 0 Å². The van der Waals surface area contributed by atoms with Crippen LogP contribution in [0.25, 0.3) is 0 Å². The van der Waals surface area contributed by atoms with Gasteiger partial charge in [-0.1, -0.05) is 11.6 Å². The Morgan fingerprint density at radius 1 is 1.39 bits per heavy atom. The molecule has 1 aliphatic heterocycles. The highest BCUT2D eigenvalue weighted by Gasteiger charge is 2.24. The van der Waals surface area contributed by atoms with Crippen LogP contribution in [0.3, 0.4) is 0 Å². The molecule has 0 saturated heterocycles. The van der Waals surface area contributed by atoms with Crippen molar-refractivity contribution in [2.75, 3.05) is 13.2 Å². The largest absolute Gasteiger partial charge is 0.489 e. The molecule has 0 aliphatic carbocycles. The number of aliphatic carboxylic acids is 1. The Kier molecular flexibility index (Phi) is 3.66. The number of carbonyl (C=O) groups is 1. The van der Waals surface area contributed by atoms with Crippen molar-refractivity contribution >= 4 is 17.6 Å². The van der Waals surface area contributed by atoms with Crippen molar-refractivity contribution in [2.24, 2.45) is 0 Å². The molecule has 4 nitrogen and oxygen atoms in total. The monoisotopic (exact) mass is 270 g/mol. The zero-order valence-corrected chi connectivity index (χ0v) is 11.1. The topological polar surface area (TPSA) is 55.8 Å². The van der Waals surface area contributed by atoms with E-state index in [0.717, 1.165) is 12.0 Å². The highest BCUT2D eigenvalue weighted by Crippen LogP contribution is 2.43. The Bertz CT molecular complexity index is 484. The Labute approximate surface area is 110 Å². The van der Waals surface area contributed by atoms with E-state index < -0.39 is 11.9 Å². The zero-order valence-electron chi connectivity index (χ0n) is 10.3. The second kappa shape index (κ2) is 5.06. The molecule has 0 amide bonds. The Morgan fingerprint density at radius 3 is 2.61 bits per heavy atom. The van der Waals surface area contributed by atoms with Gasteiger partial charge in [-0.05, 0) is 31.0 Å². The maximum Gasteiger partial charge on any atom is 0.310 e. The fourth-order valence-electron chi connectivity index (χ4n) is 2.02. The van der Waals surface area contributed by atoms with Crippen molar-refractivity contribution < 1.29 is 19.4 Å². The van der Waals surface area contributed by atoms with Crippen molar-refractivity contribution in [3.8, 4) is 11.5 Å². The van der Waals surface area contributed by atoms with Crippen molar-refractivity contribution in [3.63, 3.8) is 0 Å². The smallest absolute Gasteiger partial charge is 0.310 e. The summed E-state index contributed by atoms with van der Waals surface area (Å²) >= 11 is 6.14. The molecule has 0 fully saturated rings. The van der Waals surface area contributed by atoms with Crippen LogP contribution in [0.15, 0.2) is 6.07 Å². The quantitative estimate of drug-likeness (QED) is 0.898. The fraction of sp³-hybridized carbons (Fsp3) is 0.462. The molecule has 1 atom stereocenters. The molecule has 1 aromatic carbocycles. The van der Waals surface area contributed by atoms with Gasteiger partial charge in [0, 0.05) is 6.42 Å². The summed E-state index contributed by atoms with van der Waals surface area (Å²) < 4.78 is 11.2. The van der Waals surface area contributed by atoms with Crippen LogP contribution in [0, 0.1) is 6.92 Å². The Balaban J connectivity index is 2.55. The van der Waals surface area contributed by atoms with Crippen LogP contribution < -0.4 is 9.47 Å². The standard InChI is InChI=1S/C13H15ClO4/c1-7-9(8(2)13(15)16)6-10(14)12-11(7)17-4-3-5-18-12/h6,8H,3-5H2,1-2H3,(H,15,16). The van der Waals surface area contributed by atoms with E-state index in [1.807, 2.05) is 6.92 Å². The molecule has 18 heavy (non-hydrogen) atoms. The van der Waals surface area contributed by atoms with Gasteiger partial charge < -0.3 is 14.6 Å². The maximum atomic E-state index is 11.1. The van der Waals surface area contributed by atoms with Crippen molar-refractivity contribution in [3.05, 3.63) is 22.2 Å². The zero-order chi connectivity index (χ0) is 13.3. The van der Waals surface area contributed by atoms with Crippen LogP contribution >= 0.6 is 11.6 Å². The summed E-state index contributed by atoms with van der Waals surface area (Å²) in [7, 11) is 0. The van der Waals surface area contributed by atoms with Gasteiger partial charge in [-0.25, -0.2) is 0 Å². The molecule has 2 rings (SSSR count). The molecule has 0 bridgehead atoms. The van der Waals surface area contributed by atoms with E-state index in [4.69, 9.17) is 26.2 Å². The van der Waals surface area contributed by atoms with Crippen molar-refractivity contribution in [1.82, 2.24) is 0 Å². The van der Waals surface area contributed by atoms with E-state index in [1.165, 1.54) is 0 Å². The number of halogens is 1.